The quantitative estimate of drug-likeness (QED) is 0.409. The summed E-state index contributed by atoms with van der Waals surface area (Å²) in [6, 6.07) is 7.86. The Bertz CT molecular complexity index is 1280. The van der Waals surface area contributed by atoms with Crippen molar-refractivity contribution in [1.82, 2.24) is 9.55 Å². The van der Waals surface area contributed by atoms with Crippen LogP contribution in [-0.2, 0) is 32.4 Å². The number of benzene rings is 1. The monoisotopic (exact) mass is 546 g/mol. The van der Waals surface area contributed by atoms with Gasteiger partial charge in [0.25, 0.3) is 5.56 Å². The summed E-state index contributed by atoms with van der Waals surface area (Å²) < 4.78 is 57.4. The molecule has 11 nitrogen and oxygen atoms in total. The van der Waals surface area contributed by atoms with Crippen LogP contribution >= 0.6 is 19.4 Å². The smallest absolute Gasteiger partial charge is 0.456 e. The van der Waals surface area contributed by atoms with E-state index in [4.69, 9.17) is 34.6 Å². The number of aromatic nitrogens is 2. The first-order chi connectivity index (χ1) is 17.0. The number of phosphoric ester groups is 1. The van der Waals surface area contributed by atoms with E-state index in [0.717, 1.165) is 23.8 Å². The second kappa shape index (κ2) is 10.6. The fourth-order valence-corrected chi connectivity index (χ4v) is 5.64. The fraction of sp³-hybridized carbons (Fsp3) is 0.500. The van der Waals surface area contributed by atoms with Gasteiger partial charge in [-0.25, -0.2) is 13.8 Å². The molecular weight excluding hydrogens is 522 g/mol. The van der Waals surface area contributed by atoms with Crippen molar-refractivity contribution in [2.45, 2.75) is 56.9 Å². The lowest BCUT2D eigenvalue weighted by atomic mass is 9.98. The van der Waals surface area contributed by atoms with Crippen molar-refractivity contribution in [3.05, 3.63) is 68.0 Å². The van der Waals surface area contributed by atoms with Gasteiger partial charge in [-0.1, -0.05) is 30.7 Å². The summed E-state index contributed by atoms with van der Waals surface area (Å²) in [6.45, 7) is 2.13. The Balaban J connectivity index is 1.54. The molecule has 1 aromatic heterocycles. The van der Waals surface area contributed by atoms with Gasteiger partial charge in [0.05, 0.1) is 19.3 Å². The Morgan fingerprint density at radius 3 is 2.83 bits per heavy atom. The topological polar surface area (TPSA) is 135 Å². The van der Waals surface area contributed by atoms with Gasteiger partial charge in [-0.3, -0.25) is 32.7 Å². The molecule has 0 unspecified atom stereocenters. The summed E-state index contributed by atoms with van der Waals surface area (Å²) in [7, 11) is -4.12. The van der Waals surface area contributed by atoms with Crippen LogP contribution in [0.1, 0.15) is 44.6 Å². The zero-order chi connectivity index (χ0) is 26.1. The van der Waals surface area contributed by atoms with Gasteiger partial charge in [-0.05, 0) is 24.6 Å². The van der Waals surface area contributed by atoms with Crippen molar-refractivity contribution >= 4 is 25.4 Å². The van der Waals surface area contributed by atoms with E-state index in [1.54, 1.807) is 24.3 Å². The number of carbonyl (C=O) groups is 1. The molecule has 0 radical (unpaired) electrons. The van der Waals surface area contributed by atoms with Crippen LogP contribution in [-0.4, -0.2) is 46.6 Å². The molecular formula is C22H25ClFN2O9P. The SMILES string of the molecule is CCC(=O)O[C@@H]1[C@@H](CO[P@@]2(=O)OCC[C@@H](c3cccc(Cl)c3)O2)O[C@@H](n2ccc(=O)[nH]c2=O)[C@]1(C)F. The molecule has 0 saturated carbocycles. The summed E-state index contributed by atoms with van der Waals surface area (Å²) in [6.07, 6.45) is -3.62. The molecule has 36 heavy (non-hydrogen) atoms. The largest absolute Gasteiger partial charge is 0.475 e. The summed E-state index contributed by atoms with van der Waals surface area (Å²) in [4.78, 5) is 37.8. The van der Waals surface area contributed by atoms with Crippen molar-refractivity contribution in [1.29, 1.82) is 0 Å². The number of nitrogens with zero attached hydrogens (tertiary/aromatic N) is 1. The minimum absolute atomic E-state index is 0.0462. The number of esters is 1. The highest BCUT2D eigenvalue weighted by Crippen LogP contribution is 2.57. The molecule has 2 saturated heterocycles. The maximum absolute atomic E-state index is 16.0. The third kappa shape index (κ3) is 5.64. The van der Waals surface area contributed by atoms with E-state index in [0.29, 0.717) is 17.0 Å². The lowest BCUT2D eigenvalue weighted by Crippen LogP contribution is -2.46. The van der Waals surface area contributed by atoms with Crippen LogP contribution in [0.15, 0.2) is 46.1 Å². The van der Waals surface area contributed by atoms with E-state index >= 15 is 4.39 Å². The zero-order valence-corrected chi connectivity index (χ0v) is 21.1. The van der Waals surface area contributed by atoms with Crippen LogP contribution in [0.5, 0.6) is 0 Å². The standard InChI is InChI=1S/C22H25ClFN2O9P/c1-3-18(28)34-19-16(33-20(22(19,2)24)26-9-7-17(27)25-21(26)29)12-32-36(30)31-10-8-15(35-36)13-5-4-6-14(23)11-13/h4-7,9,11,15-16,19-20H,3,8,10,12H2,1-2H3,(H,25,27,29)/t15-,16+,19+,20+,22+,36+/m0/s1. The van der Waals surface area contributed by atoms with Gasteiger partial charge in [0.1, 0.15) is 6.10 Å². The molecule has 0 spiro atoms. The molecule has 2 aliphatic heterocycles. The van der Waals surface area contributed by atoms with Crippen molar-refractivity contribution in [2.75, 3.05) is 13.2 Å². The summed E-state index contributed by atoms with van der Waals surface area (Å²) in [5.41, 5.74) is -3.35. The Hall–Kier alpha value is -2.34. The second-order valence-electron chi connectivity index (χ2n) is 8.47. The second-order valence-corrected chi connectivity index (χ2v) is 10.5. The molecule has 0 bridgehead atoms. The van der Waals surface area contributed by atoms with Crippen LogP contribution in [0.25, 0.3) is 0 Å². The third-order valence-electron chi connectivity index (χ3n) is 5.83. The highest BCUT2D eigenvalue weighted by atomic mass is 35.5. The molecule has 1 N–H and O–H groups in total. The van der Waals surface area contributed by atoms with E-state index in [1.165, 1.54) is 6.92 Å². The Morgan fingerprint density at radius 1 is 1.36 bits per heavy atom. The number of hydrogen-bond donors (Lipinski definition) is 1. The maximum atomic E-state index is 16.0. The number of hydrogen-bond acceptors (Lipinski definition) is 9. The highest BCUT2D eigenvalue weighted by Gasteiger charge is 2.58. The van der Waals surface area contributed by atoms with E-state index in [2.05, 4.69) is 0 Å². The van der Waals surface area contributed by atoms with Crippen LogP contribution in [0.3, 0.4) is 0 Å². The average molecular weight is 547 g/mol. The predicted molar refractivity (Wildman–Crippen MR) is 124 cm³/mol. The molecule has 2 aromatic rings. The van der Waals surface area contributed by atoms with Gasteiger partial charge in [0.2, 0.25) is 0 Å². The fourth-order valence-electron chi connectivity index (χ4n) is 4.04. The lowest BCUT2D eigenvalue weighted by molar-refractivity contribution is -0.158. The molecule has 0 amide bonds. The van der Waals surface area contributed by atoms with Gasteiger partial charge >= 0.3 is 19.5 Å². The van der Waals surface area contributed by atoms with Gasteiger partial charge in [-0.2, -0.15) is 0 Å². The minimum atomic E-state index is -4.12. The Morgan fingerprint density at radius 2 is 2.14 bits per heavy atom. The third-order valence-corrected chi connectivity index (χ3v) is 7.55. The van der Waals surface area contributed by atoms with E-state index in [9.17, 15) is 18.9 Å². The molecule has 14 heteroatoms. The van der Waals surface area contributed by atoms with Crippen molar-refractivity contribution in [3.8, 4) is 0 Å². The van der Waals surface area contributed by atoms with Gasteiger partial charge < -0.3 is 9.47 Å². The zero-order valence-electron chi connectivity index (χ0n) is 19.4. The number of halogens is 2. The minimum Gasteiger partial charge on any atom is -0.456 e. The molecule has 4 rings (SSSR count). The van der Waals surface area contributed by atoms with Crippen molar-refractivity contribution in [2.24, 2.45) is 0 Å². The van der Waals surface area contributed by atoms with Gasteiger partial charge in [0.15, 0.2) is 18.0 Å². The molecule has 1 aromatic carbocycles. The first-order valence-corrected chi connectivity index (χ1v) is 13.0. The number of nitrogens with one attached hydrogen (secondary N) is 1. The first kappa shape index (κ1) is 26.7. The summed E-state index contributed by atoms with van der Waals surface area (Å²) in [5.74, 6) is -0.718. The molecule has 0 aliphatic carbocycles. The number of carbonyl (C=O) groups excluding carboxylic acids is 1. The Labute approximate surface area is 210 Å². The van der Waals surface area contributed by atoms with Crippen molar-refractivity contribution < 1.29 is 36.8 Å². The van der Waals surface area contributed by atoms with E-state index < -0.39 is 61.9 Å². The maximum Gasteiger partial charge on any atom is 0.475 e. The summed E-state index contributed by atoms with van der Waals surface area (Å²) >= 11 is 6.04. The number of ether oxygens (including phenoxy) is 2. The van der Waals surface area contributed by atoms with E-state index in [1.807, 2.05) is 4.98 Å². The first-order valence-electron chi connectivity index (χ1n) is 11.2. The van der Waals surface area contributed by atoms with Crippen molar-refractivity contribution in [3.63, 3.8) is 0 Å². The normalized spacial score (nSPS) is 32.3. The lowest BCUT2D eigenvalue weighted by Gasteiger charge is -2.30. The number of aromatic amines is 1. The predicted octanol–water partition coefficient (Wildman–Crippen LogP) is 3.44. The van der Waals surface area contributed by atoms with Crippen LogP contribution in [0.2, 0.25) is 5.02 Å². The molecule has 6 atom stereocenters. The van der Waals surface area contributed by atoms with Gasteiger partial charge in [0, 0.05) is 30.1 Å². The number of alkyl halides is 1. The van der Waals surface area contributed by atoms with Crippen LogP contribution < -0.4 is 11.2 Å². The van der Waals surface area contributed by atoms with Gasteiger partial charge in [-0.15, -0.1) is 0 Å². The number of rotatable bonds is 7. The molecule has 3 heterocycles. The highest BCUT2D eigenvalue weighted by molar-refractivity contribution is 7.48. The molecule has 2 aliphatic rings. The average Bonchev–Trinajstić information content (AvgIpc) is 3.07. The Kier molecular flexibility index (Phi) is 7.84. The van der Waals surface area contributed by atoms with E-state index in [-0.39, 0.29) is 13.0 Å². The van der Waals surface area contributed by atoms with Crippen LogP contribution in [0, 0.1) is 0 Å². The summed E-state index contributed by atoms with van der Waals surface area (Å²) in [5, 5.41) is 0.476. The van der Waals surface area contributed by atoms with Crippen LogP contribution in [0.4, 0.5) is 4.39 Å². The molecule has 196 valence electrons. The number of H-pyrrole nitrogens is 1. The number of phosphoric acid groups is 1. The molecule has 2 fully saturated rings.